The van der Waals surface area contributed by atoms with Crippen LogP contribution in [0.3, 0.4) is 0 Å². The molecule has 0 saturated carbocycles. The largest absolute Gasteiger partial charge is 0.372 e. The molecular formula is C15H27ClN2. The Hall–Kier alpha value is -0.730. The maximum atomic E-state index is 6.16. The second-order valence-corrected chi connectivity index (χ2v) is 4.51. The van der Waals surface area contributed by atoms with E-state index in [-0.39, 0.29) is 18.4 Å². The number of rotatable bonds is 7. The molecular weight excluding hydrogens is 244 g/mol. The highest BCUT2D eigenvalue weighted by Gasteiger charge is 2.06. The van der Waals surface area contributed by atoms with Crippen molar-refractivity contribution in [1.29, 1.82) is 0 Å². The third-order valence-electron chi connectivity index (χ3n) is 3.32. The zero-order chi connectivity index (χ0) is 12.7. The number of halogens is 1. The summed E-state index contributed by atoms with van der Waals surface area (Å²) in [5.74, 6) is 0. The summed E-state index contributed by atoms with van der Waals surface area (Å²) in [5.41, 5.74) is 8.71. The van der Waals surface area contributed by atoms with E-state index in [9.17, 15) is 0 Å². The van der Waals surface area contributed by atoms with Crippen LogP contribution in [0, 0.1) is 0 Å². The number of anilines is 1. The van der Waals surface area contributed by atoms with Crippen LogP contribution in [0.5, 0.6) is 0 Å². The average Bonchev–Trinajstić information content (AvgIpc) is 2.38. The Morgan fingerprint density at radius 3 is 2.06 bits per heavy atom. The second-order valence-electron chi connectivity index (χ2n) is 4.51. The summed E-state index contributed by atoms with van der Waals surface area (Å²) in [6.45, 7) is 8.68. The third-order valence-corrected chi connectivity index (χ3v) is 3.32. The van der Waals surface area contributed by atoms with Crippen LogP contribution in [0.2, 0.25) is 0 Å². The number of benzene rings is 1. The number of unbranched alkanes of at least 4 members (excludes halogenated alkanes) is 1. The van der Waals surface area contributed by atoms with Crippen molar-refractivity contribution in [3.8, 4) is 0 Å². The molecule has 0 spiro atoms. The van der Waals surface area contributed by atoms with Crippen LogP contribution in [0.25, 0.3) is 0 Å². The summed E-state index contributed by atoms with van der Waals surface area (Å²) < 4.78 is 0. The monoisotopic (exact) mass is 270 g/mol. The summed E-state index contributed by atoms with van der Waals surface area (Å²) in [7, 11) is 0. The third kappa shape index (κ3) is 4.87. The first-order chi connectivity index (χ1) is 8.22. The van der Waals surface area contributed by atoms with E-state index < -0.39 is 0 Å². The molecule has 0 amide bonds. The van der Waals surface area contributed by atoms with Crippen LogP contribution >= 0.6 is 12.4 Å². The fourth-order valence-corrected chi connectivity index (χ4v) is 2.11. The van der Waals surface area contributed by atoms with Crippen molar-refractivity contribution in [2.75, 3.05) is 18.0 Å². The van der Waals surface area contributed by atoms with Gasteiger partial charge in [0, 0.05) is 24.8 Å². The lowest BCUT2D eigenvalue weighted by molar-refractivity contribution is 0.603. The molecule has 0 aromatic heterocycles. The van der Waals surface area contributed by atoms with Gasteiger partial charge in [0.25, 0.3) is 0 Å². The molecule has 3 heteroatoms. The van der Waals surface area contributed by atoms with Crippen molar-refractivity contribution in [3.05, 3.63) is 29.8 Å². The SMILES string of the molecule is CCCC[C@H](N)c1ccc(N(CC)CC)cc1.Cl. The van der Waals surface area contributed by atoms with E-state index in [1.807, 2.05) is 0 Å². The van der Waals surface area contributed by atoms with Crippen molar-refractivity contribution >= 4 is 18.1 Å². The molecule has 0 aliphatic heterocycles. The molecule has 2 N–H and O–H groups in total. The lowest BCUT2D eigenvalue weighted by Gasteiger charge is -2.21. The van der Waals surface area contributed by atoms with E-state index in [0.29, 0.717) is 0 Å². The Bertz CT molecular complexity index is 307. The highest BCUT2D eigenvalue weighted by Crippen LogP contribution is 2.21. The zero-order valence-electron chi connectivity index (χ0n) is 11.9. The quantitative estimate of drug-likeness (QED) is 0.807. The predicted octanol–water partition coefficient (Wildman–Crippen LogP) is 4.14. The van der Waals surface area contributed by atoms with Crippen molar-refractivity contribution in [2.24, 2.45) is 5.73 Å². The van der Waals surface area contributed by atoms with Crippen LogP contribution in [-0.2, 0) is 0 Å². The van der Waals surface area contributed by atoms with Gasteiger partial charge in [-0.1, -0.05) is 31.9 Å². The molecule has 1 rings (SSSR count). The average molecular weight is 271 g/mol. The molecule has 18 heavy (non-hydrogen) atoms. The van der Waals surface area contributed by atoms with Crippen molar-refractivity contribution in [1.82, 2.24) is 0 Å². The molecule has 0 aliphatic carbocycles. The van der Waals surface area contributed by atoms with Gasteiger partial charge in [0.15, 0.2) is 0 Å². The molecule has 2 nitrogen and oxygen atoms in total. The maximum absolute atomic E-state index is 6.16. The van der Waals surface area contributed by atoms with Gasteiger partial charge in [-0.05, 0) is 38.0 Å². The van der Waals surface area contributed by atoms with E-state index in [2.05, 4.69) is 49.9 Å². The van der Waals surface area contributed by atoms with E-state index >= 15 is 0 Å². The summed E-state index contributed by atoms with van der Waals surface area (Å²) in [6.07, 6.45) is 3.51. The molecule has 0 radical (unpaired) electrons. The molecule has 0 bridgehead atoms. The smallest absolute Gasteiger partial charge is 0.0366 e. The highest BCUT2D eigenvalue weighted by molar-refractivity contribution is 5.85. The molecule has 0 unspecified atom stereocenters. The highest BCUT2D eigenvalue weighted by atomic mass is 35.5. The lowest BCUT2D eigenvalue weighted by Crippen LogP contribution is -2.21. The van der Waals surface area contributed by atoms with Crippen LogP contribution < -0.4 is 10.6 Å². The van der Waals surface area contributed by atoms with E-state index in [1.54, 1.807) is 0 Å². The molecule has 104 valence electrons. The van der Waals surface area contributed by atoms with Gasteiger partial charge in [-0.25, -0.2) is 0 Å². The topological polar surface area (TPSA) is 29.3 Å². The van der Waals surface area contributed by atoms with Crippen molar-refractivity contribution in [3.63, 3.8) is 0 Å². The predicted molar refractivity (Wildman–Crippen MR) is 83.7 cm³/mol. The number of nitrogens with two attached hydrogens (primary N) is 1. The fourth-order valence-electron chi connectivity index (χ4n) is 2.11. The van der Waals surface area contributed by atoms with Crippen LogP contribution in [0.15, 0.2) is 24.3 Å². The van der Waals surface area contributed by atoms with Crippen LogP contribution in [-0.4, -0.2) is 13.1 Å². The van der Waals surface area contributed by atoms with Gasteiger partial charge in [0.1, 0.15) is 0 Å². The number of hydrogen-bond donors (Lipinski definition) is 1. The van der Waals surface area contributed by atoms with Gasteiger partial charge in [-0.3, -0.25) is 0 Å². The lowest BCUT2D eigenvalue weighted by atomic mass is 10.0. The van der Waals surface area contributed by atoms with Gasteiger partial charge >= 0.3 is 0 Å². The zero-order valence-corrected chi connectivity index (χ0v) is 12.7. The number of hydrogen-bond acceptors (Lipinski definition) is 2. The first-order valence-corrected chi connectivity index (χ1v) is 6.83. The molecule has 1 aromatic rings. The fraction of sp³-hybridized carbons (Fsp3) is 0.600. The summed E-state index contributed by atoms with van der Waals surface area (Å²) >= 11 is 0. The Morgan fingerprint density at radius 2 is 1.61 bits per heavy atom. The van der Waals surface area contributed by atoms with Crippen molar-refractivity contribution in [2.45, 2.75) is 46.1 Å². The Labute approximate surface area is 118 Å². The normalized spacial score (nSPS) is 11.8. The van der Waals surface area contributed by atoms with Gasteiger partial charge in [-0.2, -0.15) is 0 Å². The molecule has 0 fully saturated rings. The number of nitrogens with zero attached hydrogens (tertiary/aromatic N) is 1. The Kier molecular flexibility index (Phi) is 8.86. The minimum absolute atomic E-state index is 0. The first-order valence-electron chi connectivity index (χ1n) is 6.83. The van der Waals surface area contributed by atoms with Gasteiger partial charge < -0.3 is 10.6 Å². The first kappa shape index (κ1) is 17.3. The summed E-state index contributed by atoms with van der Waals surface area (Å²) in [6, 6.07) is 8.92. The standard InChI is InChI=1S/C15H26N2.ClH/c1-4-7-8-15(16)13-9-11-14(12-10-13)17(5-2)6-3;/h9-12,15H,4-8,16H2,1-3H3;1H/t15-;/m0./s1. The van der Waals surface area contributed by atoms with E-state index in [1.165, 1.54) is 24.1 Å². The summed E-state index contributed by atoms with van der Waals surface area (Å²) in [4.78, 5) is 2.35. The Balaban J connectivity index is 0.00000289. The van der Waals surface area contributed by atoms with Crippen LogP contribution in [0.1, 0.15) is 51.6 Å². The minimum Gasteiger partial charge on any atom is -0.372 e. The van der Waals surface area contributed by atoms with E-state index in [4.69, 9.17) is 5.73 Å². The van der Waals surface area contributed by atoms with Gasteiger partial charge in [0.05, 0.1) is 0 Å². The summed E-state index contributed by atoms with van der Waals surface area (Å²) in [5, 5.41) is 0. The second kappa shape index (κ2) is 9.23. The molecule has 1 atom stereocenters. The maximum Gasteiger partial charge on any atom is 0.0366 e. The van der Waals surface area contributed by atoms with Crippen molar-refractivity contribution < 1.29 is 0 Å². The molecule has 0 heterocycles. The molecule has 0 aliphatic rings. The Morgan fingerprint density at radius 1 is 1.06 bits per heavy atom. The van der Waals surface area contributed by atoms with E-state index in [0.717, 1.165) is 19.5 Å². The molecule has 0 saturated heterocycles. The van der Waals surface area contributed by atoms with Gasteiger partial charge in [-0.15, -0.1) is 12.4 Å². The van der Waals surface area contributed by atoms with Gasteiger partial charge in [0.2, 0.25) is 0 Å². The molecule has 1 aromatic carbocycles. The minimum atomic E-state index is 0. The van der Waals surface area contributed by atoms with Crippen LogP contribution in [0.4, 0.5) is 5.69 Å².